The quantitative estimate of drug-likeness (QED) is 0.710. The van der Waals surface area contributed by atoms with E-state index >= 15 is 0 Å². The van der Waals surface area contributed by atoms with E-state index in [9.17, 15) is 4.79 Å². The highest BCUT2D eigenvalue weighted by Gasteiger charge is 2.18. The van der Waals surface area contributed by atoms with Gasteiger partial charge in [0.2, 0.25) is 0 Å². The van der Waals surface area contributed by atoms with Crippen molar-refractivity contribution in [3.8, 4) is 0 Å². The number of hydrogen-bond donors (Lipinski definition) is 1. The highest BCUT2D eigenvalue weighted by atomic mass is 32.2. The third-order valence-electron chi connectivity index (χ3n) is 2.85. The van der Waals surface area contributed by atoms with Crippen LogP contribution in [0.2, 0.25) is 0 Å². The number of ether oxygens (including phenoxy) is 1. The molecule has 0 fully saturated rings. The second-order valence-electron chi connectivity index (χ2n) is 4.76. The summed E-state index contributed by atoms with van der Waals surface area (Å²) in [6.45, 7) is 7.31. The van der Waals surface area contributed by atoms with Crippen molar-refractivity contribution in [3.05, 3.63) is 35.4 Å². The number of benzene rings is 1. The smallest absolute Gasteiger partial charge is 0.323 e. The van der Waals surface area contributed by atoms with Crippen LogP contribution in [0.25, 0.3) is 0 Å². The minimum atomic E-state index is -0.204. The van der Waals surface area contributed by atoms with Gasteiger partial charge in [-0.15, -0.1) is 0 Å². The van der Waals surface area contributed by atoms with Crippen LogP contribution in [0, 0.1) is 6.92 Å². The van der Waals surface area contributed by atoms with Gasteiger partial charge >= 0.3 is 5.97 Å². The molecule has 0 radical (unpaired) electrons. The highest BCUT2D eigenvalue weighted by Crippen LogP contribution is 2.15. The number of aryl methyl sites for hydroxylation is 1. The van der Waals surface area contributed by atoms with Crippen LogP contribution in [-0.2, 0) is 15.3 Å². The number of thioether (sulfide) groups is 1. The van der Waals surface area contributed by atoms with Crippen LogP contribution < -0.4 is 5.32 Å². The first-order valence-electron chi connectivity index (χ1n) is 7.20. The van der Waals surface area contributed by atoms with Crippen molar-refractivity contribution in [2.45, 2.75) is 39.0 Å². The molecule has 112 valence electrons. The molecule has 1 aromatic carbocycles. The van der Waals surface area contributed by atoms with Gasteiger partial charge in [-0.05, 0) is 32.4 Å². The Morgan fingerprint density at radius 2 is 2.20 bits per heavy atom. The van der Waals surface area contributed by atoms with Crippen LogP contribution >= 0.6 is 11.8 Å². The van der Waals surface area contributed by atoms with Gasteiger partial charge in [0.05, 0.1) is 6.61 Å². The average Bonchev–Trinajstić information content (AvgIpc) is 2.43. The molecule has 0 spiro atoms. The van der Waals surface area contributed by atoms with Gasteiger partial charge in [-0.1, -0.05) is 36.8 Å². The summed E-state index contributed by atoms with van der Waals surface area (Å²) in [7, 11) is 0. The van der Waals surface area contributed by atoms with E-state index in [0.717, 1.165) is 24.5 Å². The SMILES string of the molecule is CCCNC(CSCc1cccc(C)c1)C(=O)OCC. The van der Waals surface area contributed by atoms with Gasteiger partial charge in [0.15, 0.2) is 0 Å². The Labute approximate surface area is 126 Å². The van der Waals surface area contributed by atoms with Crippen molar-refractivity contribution in [1.29, 1.82) is 0 Å². The van der Waals surface area contributed by atoms with Crippen LogP contribution in [0.5, 0.6) is 0 Å². The number of rotatable bonds is 9. The van der Waals surface area contributed by atoms with Crippen molar-refractivity contribution in [2.75, 3.05) is 18.9 Å². The maximum absolute atomic E-state index is 11.8. The maximum atomic E-state index is 11.8. The molecule has 0 saturated heterocycles. The van der Waals surface area contributed by atoms with Gasteiger partial charge in [-0.3, -0.25) is 4.79 Å². The Morgan fingerprint density at radius 3 is 2.85 bits per heavy atom. The van der Waals surface area contributed by atoms with Crippen molar-refractivity contribution >= 4 is 17.7 Å². The molecule has 3 nitrogen and oxygen atoms in total. The van der Waals surface area contributed by atoms with Gasteiger partial charge < -0.3 is 10.1 Å². The fraction of sp³-hybridized carbons (Fsp3) is 0.562. The summed E-state index contributed by atoms with van der Waals surface area (Å²) in [6, 6.07) is 8.27. The summed E-state index contributed by atoms with van der Waals surface area (Å²) < 4.78 is 5.11. The van der Waals surface area contributed by atoms with E-state index in [1.807, 2.05) is 6.92 Å². The topological polar surface area (TPSA) is 38.3 Å². The second-order valence-corrected chi connectivity index (χ2v) is 5.79. The Balaban J connectivity index is 2.42. The molecule has 1 N–H and O–H groups in total. The van der Waals surface area contributed by atoms with Crippen molar-refractivity contribution in [1.82, 2.24) is 5.32 Å². The molecular weight excluding hydrogens is 270 g/mol. The molecule has 0 heterocycles. The molecule has 1 aromatic rings. The number of nitrogens with one attached hydrogen (secondary N) is 1. The Bertz CT molecular complexity index is 409. The molecule has 0 amide bonds. The molecule has 4 heteroatoms. The predicted octanol–water partition coefficient (Wildman–Crippen LogP) is 3.16. The summed E-state index contributed by atoms with van der Waals surface area (Å²) in [5.74, 6) is 1.52. The van der Waals surface area contributed by atoms with E-state index in [2.05, 4.69) is 43.4 Å². The molecule has 0 saturated carbocycles. The third-order valence-corrected chi connectivity index (χ3v) is 3.95. The molecular formula is C16H25NO2S. The molecule has 1 atom stereocenters. The Hall–Kier alpha value is -1.00. The molecule has 0 aromatic heterocycles. The standard InChI is InChI=1S/C16H25NO2S/c1-4-9-17-15(16(18)19-5-2)12-20-11-14-8-6-7-13(3)10-14/h6-8,10,15,17H,4-5,9,11-12H2,1-3H3. The lowest BCUT2D eigenvalue weighted by molar-refractivity contribution is -0.144. The van der Waals surface area contributed by atoms with E-state index in [1.165, 1.54) is 11.1 Å². The van der Waals surface area contributed by atoms with E-state index in [-0.39, 0.29) is 12.0 Å². The van der Waals surface area contributed by atoms with Crippen molar-refractivity contribution in [3.63, 3.8) is 0 Å². The fourth-order valence-electron chi connectivity index (χ4n) is 1.87. The number of hydrogen-bond acceptors (Lipinski definition) is 4. The van der Waals surface area contributed by atoms with Crippen molar-refractivity contribution in [2.24, 2.45) is 0 Å². The summed E-state index contributed by atoms with van der Waals surface area (Å²) in [5, 5.41) is 3.26. The van der Waals surface area contributed by atoms with Crippen LogP contribution in [0.3, 0.4) is 0 Å². The first-order valence-corrected chi connectivity index (χ1v) is 8.36. The van der Waals surface area contributed by atoms with Gasteiger partial charge in [0.1, 0.15) is 6.04 Å². The third kappa shape index (κ3) is 6.44. The fourth-order valence-corrected chi connectivity index (χ4v) is 2.89. The van der Waals surface area contributed by atoms with Gasteiger partial charge in [0.25, 0.3) is 0 Å². The largest absolute Gasteiger partial charge is 0.465 e. The molecule has 0 aliphatic heterocycles. The van der Waals surface area contributed by atoms with Gasteiger partial charge in [-0.25, -0.2) is 0 Å². The lowest BCUT2D eigenvalue weighted by Crippen LogP contribution is -2.40. The summed E-state index contributed by atoms with van der Waals surface area (Å²) >= 11 is 1.76. The molecule has 1 unspecified atom stereocenters. The van der Waals surface area contributed by atoms with Crippen LogP contribution in [0.4, 0.5) is 0 Å². The Kier molecular flexibility index (Phi) is 8.38. The van der Waals surface area contributed by atoms with E-state index in [0.29, 0.717) is 6.61 Å². The molecule has 0 bridgehead atoms. The monoisotopic (exact) mass is 295 g/mol. The predicted molar refractivity (Wildman–Crippen MR) is 86.1 cm³/mol. The number of carbonyl (C=O) groups is 1. The lowest BCUT2D eigenvalue weighted by atomic mass is 10.2. The molecule has 0 aliphatic rings. The summed E-state index contributed by atoms with van der Waals surface area (Å²) in [5.41, 5.74) is 2.57. The summed E-state index contributed by atoms with van der Waals surface area (Å²) in [6.07, 6.45) is 1.01. The molecule has 20 heavy (non-hydrogen) atoms. The van der Waals surface area contributed by atoms with Crippen LogP contribution in [0.15, 0.2) is 24.3 Å². The van der Waals surface area contributed by atoms with E-state index < -0.39 is 0 Å². The van der Waals surface area contributed by atoms with Crippen LogP contribution in [0.1, 0.15) is 31.4 Å². The maximum Gasteiger partial charge on any atom is 0.323 e. The first kappa shape index (κ1) is 17.1. The number of carbonyl (C=O) groups excluding carboxylic acids is 1. The second kappa shape index (κ2) is 9.83. The highest BCUT2D eigenvalue weighted by molar-refractivity contribution is 7.98. The normalized spacial score (nSPS) is 12.2. The van der Waals surface area contributed by atoms with E-state index in [4.69, 9.17) is 4.74 Å². The van der Waals surface area contributed by atoms with Gasteiger partial charge in [-0.2, -0.15) is 11.8 Å². The lowest BCUT2D eigenvalue weighted by Gasteiger charge is -2.16. The van der Waals surface area contributed by atoms with Gasteiger partial charge in [0, 0.05) is 11.5 Å². The zero-order valence-corrected chi connectivity index (χ0v) is 13.5. The van der Waals surface area contributed by atoms with Crippen LogP contribution in [-0.4, -0.2) is 30.9 Å². The minimum Gasteiger partial charge on any atom is -0.465 e. The number of esters is 1. The van der Waals surface area contributed by atoms with Crippen molar-refractivity contribution < 1.29 is 9.53 Å². The minimum absolute atomic E-state index is 0.141. The summed E-state index contributed by atoms with van der Waals surface area (Å²) in [4.78, 5) is 11.8. The zero-order chi connectivity index (χ0) is 14.8. The zero-order valence-electron chi connectivity index (χ0n) is 12.6. The van der Waals surface area contributed by atoms with E-state index in [1.54, 1.807) is 11.8 Å². The Morgan fingerprint density at radius 1 is 1.40 bits per heavy atom. The molecule has 0 aliphatic carbocycles. The first-order chi connectivity index (χ1) is 9.67. The average molecular weight is 295 g/mol. The molecule has 1 rings (SSSR count).